The van der Waals surface area contributed by atoms with Gasteiger partial charge in [0.2, 0.25) is 0 Å². The van der Waals surface area contributed by atoms with E-state index in [0.717, 1.165) is 19.2 Å². The Morgan fingerprint density at radius 2 is 2.12 bits per heavy atom. The molecule has 0 unspecified atom stereocenters. The van der Waals surface area contributed by atoms with E-state index in [1.165, 1.54) is 6.07 Å². The fourth-order valence-electron chi connectivity index (χ4n) is 1.13. The largest absolute Gasteiger partial charge is 0.465 e. The first-order valence-corrected chi connectivity index (χ1v) is 4.27. The average molecular weight is 245 g/mol. The molecule has 17 heavy (non-hydrogen) atoms. The van der Waals surface area contributed by atoms with Gasteiger partial charge in [0.25, 0.3) is 0 Å². The summed E-state index contributed by atoms with van der Waals surface area (Å²) < 4.78 is 45.8. The summed E-state index contributed by atoms with van der Waals surface area (Å²) in [5.74, 6) is -3.13. The van der Waals surface area contributed by atoms with Gasteiger partial charge in [-0.3, -0.25) is 0 Å². The number of nitriles is 1. The summed E-state index contributed by atoms with van der Waals surface area (Å²) in [6.07, 6.45) is 0. The topological polar surface area (TPSA) is 59.3 Å². The quantitative estimate of drug-likeness (QED) is 0.765. The Labute approximate surface area is 94.2 Å². The Morgan fingerprint density at radius 3 is 2.59 bits per heavy atom. The summed E-state index contributed by atoms with van der Waals surface area (Å²) in [5.41, 5.74) is -1.29. The Morgan fingerprint density at radius 1 is 1.47 bits per heavy atom. The van der Waals surface area contributed by atoms with Gasteiger partial charge in [0.1, 0.15) is 17.4 Å². The first-order valence-electron chi connectivity index (χ1n) is 4.27. The number of carbonyl (C=O) groups excluding carboxylic acids is 1. The standard InChI is InChI=1S/C10H6F3NO3/c1-16-9(15)7-6(17-10(12)13)3-2-5(4-14)8(7)11/h2-3,10H,1H3. The van der Waals surface area contributed by atoms with E-state index in [0.29, 0.717) is 0 Å². The predicted octanol–water partition coefficient (Wildman–Crippen LogP) is 2.09. The lowest BCUT2D eigenvalue weighted by Gasteiger charge is -2.10. The molecule has 7 heteroatoms. The molecule has 0 aliphatic heterocycles. The molecule has 0 spiro atoms. The summed E-state index contributed by atoms with van der Waals surface area (Å²) in [5, 5.41) is 8.54. The number of carbonyl (C=O) groups is 1. The SMILES string of the molecule is COC(=O)c1c(OC(F)F)ccc(C#N)c1F. The number of hydrogen-bond donors (Lipinski definition) is 0. The first-order chi connectivity index (χ1) is 8.01. The van der Waals surface area contributed by atoms with Crippen LogP contribution >= 0.6 is 0 Å². The van der Waals surface area contributed by atoms with Crippen LogP contribution in [-0.2, 0) is 4.74 Å². The van der Waals surface area contributed by atoms with Crippen molar-refractivity contribution in [2.45, 2.75) is 6.61 Å². The molecule has 0 atom stereocenters. The van der Waals surface area contributed by atoms with Crippen molar-refractivity contribution >= 4 is 5.97 Å². The highest BCUT2D eigenvalue weighted by Crippen LogP contribution is 2.26. The van der Waals surface area contributed by atoms with Gasteiger partial charge in [-0.05, 0) is 12.1 Å². The number of esters is 1. The number of rotatable bonds is 3. The van der Waals surface area contributed by atoms with Crippen LogP contribution in [0, 0.1) is 17.1 Å². The number of halogens is 3. The molecule has 0 aromatic heterocycles. The maximum atomic E-state index is 13.6. The molecule has 0 N–H and O–H groups in total. The second-order valence-electron chi connectivity index (χ2n) is 2.78. The van der Waals surface area contributed by atoms with Gasteiger partial charge in [0.05, 0.1) is 12.7 Å². The number of hydrogen-bond acceptors (Lipinski definition) is 4. The van der Waals surface area contributed by atoms with Crippen molar-refractivity contribution in [1.29, 1.82) is 5.26 Å². The highest BCUT2D eigenvalue weighted by atomic mass is 19.3. The average Bonchev–Trinajstić information content (AvgIpc) is 2.28. The first kappa shape index (κ1) is 12.8. The van der Waals surface area contributed by atoms with Crippen molar-refractivity contribution in [2.24, 2.45) is 0 Å². The zero-order valence-corrected chi connectivity index (χ0v) is 8.54. The lowest BCUT2D eigenvalue weighted by atomic mass is 10.1. The minimum atomic E-state index is -3.22. The Bertz CT molecular complexity index is 482. The number of alkyl halides is 2. The van der Waals surface area contributed by atoms with Crippen molar-refractivity contribution in [1.82, 2.24) is 0 Å². The molecular weight excluding hydrogens is 239 g/mol. The molecule has 0 fully saturated rings. The van der Waals surface area contributed by atoms with Crippen LogP contribution in [0.1, 0.15) is 15.9 Å². The Hall–Kier alpha value is -2.23. The fourth-order valence-corrected chi connectivity index (χ4v) is 1.13. The molecule has 0 amide bonds. The second-order valence-corrected chi connectivity index (χ2v) is 2.78. The van der Waals surface area contributed by atoms with Crippen molar-refractivity contribution < 1.29 is 27.4 Å². The summed E-state index contributed by atoms with van der Waals surface area (Å²) in [6.45, 7) is -3.22. The highest BCUT2D eigenvalue weighted by molar-refractivity contribution is 5.93. The third-order valence-electron chi connectivity index (χ3n) is 1.83. The lowest BCUT2D eigenvalue weighted by molar-refractivity contribution is -0.0506. The molecule has 0 bridgehead atoms. The number of nitrogens with zero attached hydrogens (tertiary/aromatic N) is 1. The minimum Gasteiger partial charge on any atom is -0.465 e. The van der Waals surface area contributed by atoms with Gasteiger partial charge in [-0.15, -0.1) is 0 Å². The van der Waals surface area contributed by atoms with E-state index in [1.807, 2.05) is 0 Å². The van der Waals surface area contributed by atoms with Crippen molar-refractivity contribution in [3.63, 3.8) is 0 Å². The summed E-state index contributed by atoms with van der Waals surface area (Å²) >= 11 is 0. The Kier molecular flexibility index (Phi) is 3.93. The third kappa shape index (κ3) is 2.66. The monoisotopic (exact) mass is 245 g/mol. The molecular formula is C10H6F3NO3. The van der Waals surface area contributed by atoms with Crippen molar-refractivity contribution in [3.05, 3.63) is 29.1 Å². The normalized spacial score (nSPS) is 9.88. The van der Waals surface area contributed by atoms with Crippen LogP contribution in [-0.4, -0.2) is 19.7 Å². The third-order valence-corrected chi connectivity index (χ3v) is 1.83. The van der Waals surface area contributed by atoms with Crippen LogP contribution in [0.5, 0.6) is 5.75 Å². The van der Waals surface area contributed by atoms with Crippen molar-refractivity contribution in [3.8, 4) is 11.8 Å². The molecule has 0 radical (unpaired) electrons. The molecule has 0 saturated carbocycles. The zero-order chi connectivity index (χ0) is 13.0. The van der Waals surface area contributed by atoms with Gasteiger partial charge >= 0.3 is 12.6 Å². The minimum absolute atomic E-state index is 0.466. The van der Waals surface area contributed by atoms with E-state index < -0.39 is 35.3 Å². The molecule has 0 aliphatic rings. The molecule has 0 aliphatic carbocycles. The lowest BCUT2D eigenvalue weighted by Crippen LogP contribution is -2.12. The smallest absolute Gasteiger partial charge is 0.387 e. The number of benzene rings is 1. The zero-order valence-electron chi connectivity index (χ0n) is 8.54. The van der Waals surface area contributed by atoms with Gasteiger partial charge in [-0.25, -0.2) is 9.18 Å². The van der Waals surface area contributed by atoms with Gasteiger partial charge in [0.15, 0.2) is 5.82 Å². The molecule has 4 nitrogen and oxygen atoms in total. The van der Waals surface area contributed by atoms with Crippen LogP contribution in [0.15, 0.2) is 12.1 Å². The number of ether oxygens (including phenoxy) is 2. The van der Waals surface area contributed by atoms with E-state index in [-0.39, 0.29) is 0 Å². The van der Waals surface area contributed by atoms with Crippen LogP contribution in [0.4, 0.5) is 13.2 Å². The van der Waals surface area contributed by atoms with Crippen LogP contribution in [0.2, 0.25) is 0 Å². The van der Waals surface area contributed by atoms with Crippen LogP contribution in [0.3, 0.4) is 0 Å². The van der Waals surface area contributed by atoms with E-state index in [1.54, 1.807) is 0 Å². The van der Waals surface area contributed by atoms with E-state index in [2.05, 4.69) is 9.47 Å². The van der Waals surface area contributed by atoms with E-state index >= 15 is 0 Å². The summed E-state index contributed by atoms with van der Waals surface area (Å²) in [6, 6.07) is 3.30. The predicted molar refractivity (Wildman–Crippen MR) is 49.1 cm³/mol. The number of methoxy groups -OCH3 is 1. The molecule has 1 aromatic carbocycles. The maximum absolute atomic E-state index is 13.6. The molecule has 1 rings (SSSR count). The second kappa shape index (κ2) is 5.21. The Balaban J connectivity index is 3.36. The van der Waals surface area contributed by atoms with Gasteiger partial charge in [-0.2, -0.15) is 14.0 Å². The van der Waals surface area contributed by atoms with Gasteiger partial charge in [0, 0.05) is 0 Å². The van der Waals surface area contributed by atoms with E-state index in [9.17, 15) is 18.0 Å². The molecule has 1 aromatic rings. The van der Waals surface area contributed by atoms with Crippen LogP contribution in [0.25, 0.3) is 0 Å². The molecule has 0 heterocycles. The van der Waals surface area contributed by atoms with Gasteiger partial charge in [-0.1, -0.05) is 0 Å². The van der Waals surface area contributed by atoms with Crippen LogP contribution < -0.4 is 4.74 Å². The summed E-state index contributed by atoms with van der Waals surface area (Å²) in [7, 11) is 0.951. The highest BCUT2D eigenvalue weighted by Gasteiger charge is 2.23. The maximum Gasteiger partial charge on any atom is 0.387 e. The van der Waals surface area contributed by atoms with Gasteiger partial charge < -0.3 is 9.47 Å². The van der Waals surface area contributed by atoms with E-state index in [4.69, 9.17) is 5.26 Å². The van der Waals surface area contributed by atoms with Crippen molar-refractivity contribution in [2.75, 3.05) is 7.11 Å². The summed E-state index contributed by atoms with van der Waals surface area (Å²) in [4.78, 5) is 11.2. The molecule has 90 valence electrons. The fraction of sp³-hybridized carbons (Fsp3) is 0.200. The molecule has 0 saturated heterocycles.